The van der Waals surface area contributed by atoms with E-state index in [-0.39, 0.29) is 0 Å². The molecule has 0 N–H and O–H groups in total. The highest BCUT2D eigenvalue weighted by molar-refractivity contribution is 6.18. The number of nitrogens with zero attached hydrogens (tertiary/aromatic N) is 3. The summed E-state index contributed by atoms with van der Waals surface area (Å²) in [7, 11) is 5.80. The average molecular weight is 260 g/mol. The monoisotopic (exact) mass is 259 g/mol. The van der Waals surface area contributed by atoms with E-state index in [0.717, 1.165) is 31.0 Å². The molecule has 0 aliphatic heterocycles. The van der Waals surface area contributed by atoms with E-state index in [4.69, 9.17) is 16.3 Å². The third-order valence-corrected chi connectivity index (χ3v) is 3.22. The SMILES string of the molecule is COc1cnn(CCN(C)C)c1CC(C)CCl. The highest BCUT2D eigenvalue weighted by atomic mass is 35.5. The summed E-state index contributed by atoms with van der Waals surface area (Å²) in [5.41, 5.74) is 1.14. The van der Waals surface area contributed by atoms with Crippen molar-refractivity contribution in [1.82, 2.24) is 14.7 Å². The van der Waals surface area contributed by atoms with Crippen molar-refractivity contribution in [3.8, 4) is 5.75 Å². The summed E-state index contributed by atoms with van der Waals surface area (Å²) in [6.45, 7) is 3.98. The van der Waals surface area contributed by atoms with Crippen molar-refractivity contribution in [2.75, 3.05) is 33.6 Å². The van der Waals surface area contributed by atoms with E-state index in [1.807, 2.05) is 4.68 Å². The zero-order valence-electron chi connectivity index (χ0n) is 11.1. The first-order valence-corrected chi connectivity index (χ1v) is 6.41. The predicted octanol–water partition coefficient (Wildman–Crippen LogP) is 1.87. The van der Waals surface area contributed by atoms with Gasteiger partial charge in [-0.25, -0.2) is 0 Å². The van der Waals surface area contributed by atoms with Gasteiger partial charge in [0.25, 0.3) is 0 Å². The van der Waals surface area contributed by atoms with Crippen molar-refractivity contribution >= 4 is 11.6 Å². The third kappa shape index (κ3) is 4.21. The molecule has 1 unspecified atom stereocenters. The standard InChI is InChI=1S/C12H22ClN3O/c1-10(8-13)7-11-12(17-4)9-14-16(11)6-5-15(2)3/h9-10H,5-8H2,1-4H3. The second-order valence-electron chi connectivity index (χ2n) is 4.65. The smallest absolute Gasteiger partial charge is 0.159 e. The van der Waals surface area contributed by atoms with Gasteiger partial charge in [-0.2, -0.15) is 5.10 Å². The Morgan fingerprint density at radius 3 is 2.76 bits per heavy atom. The fraction of sp³-hybridized carbons (Fsp3) is 0.750. The van der Waals surface area contributed by atoms with Crippen LogP contribution in [0.3, 0.4) is 0 Å². The second kappa shape index (κ2) is 6.87. The molecule has 0 bridgehead atoms. The molecular weight excluding hydrogens is 238 g/mol. The first-order valence-electron chi connectivity index (χ1n) is 5.87. The largest absolute Gasteiger partial charge is 0.493 e. The van der Waals surface area contributed by atoms with E-state index in [2.05, 4.69) is 31.0 Å². The molecular formula is C12H22ClN3O. The van der Waals surface area contributed by atoms with Gasteiger partial charge >= 0.3 is 0 Å². The number of methoxy groups -OCH3 is 1. The Bertz CT molecular complexity index is 338. The molecule has 0 saturated heterocycles. The van der Waals surface area contributed by atoms with Gasteiger partial charge in [-0.1, -0.05) is 6.92 Å². The Morgan fingerprint density at radius 2 is 2.24 bits per heavy atom. The molecule has 0 aliphatic carbocycles. The Morgan fingerprint density at radius 1 is 1.53 bits per heavy atom. The van der Waals surface area contributed by atoms with E-state index in [1.165, 1.54) is 0 Å². The summed E-state index contributed by atoms with van der Waals surface area (Å²) in [4.78, 5) is 2.14. The summed E-state index contributed by atoms with van der Waals surface area (Å²) in [5, 5.41) is 4.37. The summed E-state index contributed by atoms with van der Waals surface area (Å²) in [6.07, 6.45) is 2.69. The number of rotatable bonds is 7. The maximum Gasteiger partial charge on any atom is 0.159 e. The van der Waals surface area contributed by atoms with Crippen LogP contribution in [0.4, 0.5) is 0 Å². The Kier molecular flexibility index (Phi) is 5.78. The lowest BCUT2D eigenvalue weighted by molar-refractivity contribution is 0.363. The van der Waals surface area contributed by atoms with Gasteiger partial charge < -0.3 is 9.64 Å². The van der Waals surface area contributed by atoms with Gasteiger partial charge in [-0.15, -0.1) is 11.6 Å². The van der Waals surface area contributed by atoms with Crippen molar-refractivity contribution < 1.29 is 4.74 Å². The normalized spacial score (nSPS) is 13.1. The minimum atomic E-state index is 0.431. The van der Waals surface area contributed by atoms with Crippen molar-refractivity contribution in [2.45, 2.75) is 19.9 Å². The first-order chi connectivity index (χ1) is 8.08. The number of halogens is 1. The third-order valence-electron chi connectivity index (χ3n) is 2.69. The van der Waals surface area contributed by atoms with Crippen molar-refractivity contribution in [1.29, 1.82) is 0 Å². The van der Waals surface area contributed by atoms with Gasteiger partial charge in [0.05, 0.1) is 25.5 Å². The molecule has 98 valence electrons. The predicted molar refractivity (Wildman–Crippen MR) is 70.9 cm³/mol. The minimum absolute atomic E-state index is 0.431. The van der Waals surface area contributed by atoms with Crippen molar-refractivity contribution in [3.05, 3.63) is 11.9 Å². The minimum Gasteiger partial charge on any atom is -0.493 e. The highest BCUT2D eigenvalue weighted by Gasteiger charge is 2.14. The Labute approximate surface area is 108 Å². The average Bonchev–Trinajstić information content (AvgIpc) is 2.68. The lowest BCUT2D eigenvalue weighted by Gasteiger charge is -2.14. The van der Waals surface area contributed by atoms with E-state index in [1.54, 1.807) is 13.3 Å². The number of alkyl halides is 1. The van der Waals surface area contributed by atoms with Crippen LogP contribution in [-0.2, 0) is 13.0 Å². The van der Waals surface area contributed by atoms with Crippen molar-refractivity contribution in [2.24, 2.45) is 5.92 Å². The molecule has 5 heteroatoms. The fourth-order valence-corrected chi connectivity index (χ4v) is 1.75. The Balaban J connectivity index is 2.78. The maximum atomic E-state index is 5.87. The van der Waals surface area contributed by atoms with Crippen LogP contribution < -0.4 is 4.74 Å². The van der Waals surface area contributed by atoms with Crippen LogP contribution in [-0.4, -0.2) is 48.3 Å². The molecule has 4 nitrogen and oxygen atoms in total. The number of ether oxygens (including phenoxy) is 1. The van der Waals surface area contributed by atoms with Crippen LogP contribution >= 0.6 is 11.6 Å². The van der Waals surface area contributed by atoms with Crippen LogP contribution in [0.25, 0.3) is 0 Å². The molecule has 0 aliphatic rings. The van der Waals surface area contributed by atoms with Crippen LogP contribution in [0.1, 0.15) is 12.6 Å². The summed E-state index contributed by atoms with van der Waals surface area (Å²) in [6, 6.07) is 0. The molecule has 1 atom stereocenters. The van der Waals surface area contributed by atoms with Crippen LogP contribution in [0.15, 0.2) is 6.20 Å². The zero-order chi connectivity index (χ0) is 12.8. The molecule has 1 aromatic rings. The number of hydrogen-bond acceptors (Lipinski definition) is 3. The van der Waals surface area contributed by atoms with Crippen LogP contribution in [0, 0.1) is 5.92 Å². The molecule has 1 rings (SSSR count). The van der Waals surface area contributed by atoms with E-state index in [0.29, 0.717) is 11.8 Å². The molecule has 0 amide bonds. The van der Waals surface area contributed by atoms with Gasteiger partial charge in [0, 0.05) is 12.4 Å². The lowest BCUT2D eigenvalue weighted by atomic mass is 10.1. The molecule has 1 heterocycles. The summed E-state index contributed by atoms with van der Waals surface area (Å²) in [5.74, 6) is 1.95. The highest BCUT2D eigenvalue weighted by Crippen LogP contribution is 2.21. The summed E-state index contributed by atoms with van der Waals surface area (Å²) >= 11 is 5.87. The van der Waals surface area contributed by atoms with Crippen LogP contribution in [0.2, 0.25) is 0 Å². The molecule has 0 fully saturated rings. The zero-order valence-corrected chi connectivity index (χ0v) is 11.9. The second-order valence-corrected chi connectivity index (χ2v) is 4.96. The quantitative estimate of drug-likeness (QED) is 0.701. The van der Waals surface area contributed by atoms with Crippen LogP contribution in [0.5, 0.6) is 5.75 Å². The topological polar surface area (TPSA) is 30.3 Å². The maximum absolute atomic E-state index is 5.87. The first kappa shape index (κ1) is 14.3. The molecule has 0 saturated carbocycles. The van der Waals surface area contributed by atoms with Gasteiger partial charge in [0.2, 0.25) is 0 Å². The van der Waals surface area contributed by atoms with Gasteiger partial charge in [-0.05, 0) is 26.4 Å². The molecule has 17 heavy (non-hydrogen) atoms. The number of likely N-dealkylation sites (N-methyl/N-ethyl adjacent to an activating group) is 1. The fourth-order valence-electron chi connectivity index (χ4n) is 1.64. The van der Waals surface area contributed by atoms with Gasteiger partial charge in [-0.3, -0.25) is 4.68 Å². The van der Waals surface area contributed by atoms with E-state index in [9.17, 15) is 0 Å². The number of hydrogen-bond donors (Lipinski definition) is 0. The molecule has 0 radical (unpaired) electrons. The van der Waals surface area contributed by atoms with Gasteiger partial charge in [0.15, 0.2) is 5.75 Å². The van der Waals surface area contributed by atoms with Crippen molar-refractivity contribution in [3.63, 3.8) is 0 Å². The van der Waals surface area contributed by atoms with E-state index < -0.39 is 0 Å². The van der Waals surface area contributed by atoms with E-state index >= 15 is 0 Å². The Hall–Kier alpha value is -0.740. The summed E-state index contributed by atoms with van der Waals surface area (Å²) < 4.78 is 7.35. The van der Waals surface area contributed by atoms with Gasteiger partial charge in [0.1, 0.15) is 0 Å². The lowest BCUT2D eigenvalue weighted by Crippen LogP contribution is -2.21. The molecule has 0 aromatic carbocycles. The molecule has 1 aromatic heterocycles. The number of aromatic nitrogens is 2. The molecule has 0 spiro atoms.